The topological polar surface area (TPSA) is 188 Å². The molecule has 3 N–H and O–H groups in total. The van der Waals surface area contributed by atoms with Crippen LogP contribution in [0.4, 0.5) is 0 Å². The van der Waals surface area contributed by atoms with Crippen molar-refractivity contribution in [3.05, 3.63) is 29.3 Å². The molecule has 0 radical (unpaired) electrons. The molecule has 1 aromatic carbocycles. The molecule has 6 amide bonds. The van der Waals surface area contributed by atoms with Crippen LogP contribution in [0.5, 0.6) is 5.75 Å². The molecule has 3 rings (SSSR count). The maximum absolute atomic E-state index is 13.1. The van der Waals surface area contributed by atoms with Gasteiger partial charge in [-0.25, -0.2) is 0 Å². The molecule has 0 saturated carbocycles. The first kappa shape index (κ1) is 34.6. The molecule has 1 atom stereocenters. The summed E-state index contributed by atoms with van der Waals surface area (Å²) in [5.41, 5.74) is -0.341. The highest BCUT2D eigenvalue weighted by Crippen LogP contribution is 2.33. The first-order valence-electron chi connectivity index (χ1n) is 14.4. The van der Waals surface area contributed by atoms with E-state index in [1.165, 1.54) is 18.2 Å². The molecule has 2 aliphatic rings. The Morgan fingerprint density at radius 3 is 2.05 bits per heavy atom. The molecule has 15 nitrogen and oxygen atoms in total. The van der Waals surface area contributed by atoms with Gasteiger partial charge in [0.05, 0.1) is 56.4 Å². The molecule has 1 fully saturated rings. The number of nitrogens with one attached hydrogen (secondary N) is 3. The number of fused-ring (bicyclic) bond motifs is 1. The van der Waals surface area contributed by atoms with Crippen LogP contribution in [0.3, 0.4) is 0 Å². The molecule has 1 unspecified atom stereocenters. The van der Waals surface area contributed by atoms with Crippen LogP contribution in [-0.4, -0.2) is 118 Å². The largest absolute Gasteiger partial charge is 0.483 e. The van der Waals surface area contributed by atoms with E-state index in [0.717, 1.165) is 4.90 Å². The van der Waals surface area contributed by atoms with Gasteiger partial charge >= 0.3 is 0 Å². The number of rotatable bonds is 18. The van der Waals surface area contributed by atoms with E-state index in [4.69, 9.17) is 23.7 Å². The van der Waals surface area contributed by atoms with Gasteiger partial charge in [0.15, 0.2) is 6.61 Å². The normalized spacial score (nSPS) is 16.5. The lowest BCUT2D eigenvalue weighted by molar-refractivity contribution is -0.136. The van der Waals surface area contributed by atoms with Gasteiger partial charge in [0.2, 0.25) is 17.7 Å². The monoisotopic (exact) mass is 620 g/mol. The fourth-order valence-corrected chi connectivity index (χ4v) is 4.20. The van der Waals surface area contributed by atoms with E-state index in [1.54, 1.807) is 0 Å². The summed E-state index contributed by atoms with van der Waals surface area (Å²) in [7, 11) is 0. The summed E-state index contributed by atoms with van der Waals surface area (Å²) in [5, 5.41) is 7.48. The maximum atomic E-state index is 13.1. The van der Waals surface area contributed by atoms with Gasteiger partial charge in [0.1, 0.15) is 18.4 Å². The summed E-state index contributed by atoms with van der Waals surface area (Å²) in [6.07, 6.45) is 0.0474. The summed E-state index contributed by atoms with van der Waals surface area (Å²) < 4.78 is 27.1. The molecule has 15 heteroatoms. The van der Waals surface area contributed by atoms with Crippen LogP contribution in [0, 0.1) is 0 Å². The Bertz CT molecular complexity index is 1210. The van der Waals surface area contributed by atoms with Crippen LogP contribution >= 0.6 is 0 Å². The number of nitrogens with zero attached hydrogens (tertiary/aromatic N) is 1. The minimum absolute atomic E-state index is 0.000651. The third-order valence-electron chi connectivity index (χ3n) is 6.31. The van der Waals surface area contributed by atoms with Crippen LogP contribution < -0.4 is 20.7 Å². The minimum Gasteiger partial charge on any atom is -0.483 e. The van der Waals surface area contributed by atoms with Crippen molar-refractivity contribution in [1.82, 2.24) is 20.9 Å². The first-order valence-corrected chi connectivity index (χ1v) is 14.4. The average molecular weight is 621 g/mol. The Labute approximate surface area is 255 Å². The lowest BCUT2D eigenvalue weighted by Gasteiger charge is -2.27. The van der Waals surface area contributed by atoms with Crippen molar-refractivity contribution in [2.24, 2.45) is 0 Å². The van der Waals surface area contributed by atoms with E-state index < -0.39 is 42.2 Å². The van der Waals surface area contributed by atoms with Gasteiger partial charge in [-0.3, -0.25) is 39.0 Å². The van der Waals surface area contributed by atoms with E-state index in [1.807, 2.05) is 20.8 Å². The van der Waals surface area contributed by atoms with E-state index in [0.29, 0.717) is 39.6 Å². The maximum Gasteiger partial charge on any atom is 0.266 e. The van der Waals surface area contributed by atoms with Crippen molar-refractivity contribution in [3.8, 4) is 5.75 Å². The zero-order valence-electron chi connectivity index (χ0n) is 25.2. The van der Waals surface area contributed by atoms with Crippen molar-refractivity contribution in [3.63, 3.8) is 0 Å². The van der Waals surface area contributed by atoms with E-state index in [-0.39, 0.29) is 61.0 Å². The zero-order valence-corrected chi connectivity index (χ0v) is 25.2. The van der Waals surface area contributed by atoms with Gasteiger partial charge in [0.25, 0.3) is 17.7 Å². The number of amides is 6. The SMILES string of the molecule is CC(C)(C)OCC(=O)NCCOCCOCCOCCNC(=O)COc1cccc2c1C(=O)N(C1CCC(=O)NC1=O)C2=O. The fourth-order valence-electron chi connectivity index (χ4n) is 4.20. The molecule has 0 spiro atoms. The number of carbonyl (C=O) groups is 6. The van der Waals surface area contributed by atoms with Crippen molar-refractivity contribution in [2.75, 3.05) is 65.9 Å². The Morgan fingerprint density at radius 2 is 1.45 bits per heavy atom. The van der Waals surface area contributed by atoms with Crippen molar-refractivity contribution in [1.29, 1.82) is 0 Å². The predicted octanol–water partition coefficient (Wildman–Crippen LogP) is -0.436. The molecule has 0 aliphatic carbocycles. The predicted molar refractivity (Wildman–Crippen MR) is 153 cm³/mol. The second kappa shape index (κ2) is 16.8. The molecular weight excluding hydrogens is 580 g/mol. The number of ether oxygens (including phenoxy) is 5. The Morgan fingerprint density at radius 1 is 0.864 bits per heavy atom. The average Bonchev–Trinajstić information content (AvgIpc) is 3.22. The first-order chi connectivity index (χ1) is 21.0. The molecule has 44 heavy (non-hydrogen) atoms. The van der Waals surface area contributed by atoms with Crippen LogP contribution in [-0.2, 0) is 38.1 Å². The third kappa shape index (κ3) is 10.7. The van der Waals surface area contributed by atoms with E-state index in [2.05, 4.69) is 16.0 Å². The molecule has 0 aromatic heterocycles. The van der Waals surface area contributed by atoms with Gasteiger partial charge < -0.3 is 34.3 Å². The number of hydrogen-bond acceptors (Lipinski definition) is 11. The zero-order chi connectivity index (χ0) is 32.1. The highest BCUT2D eigenvalue weighted by atomic mass is 16.5. The lowest BCUT2D eigenvalue weighted by atomic mass is 10.0. The van der Waals surface area contributed by atoms with E-state index in [9.17, 15) is 28.8 Å². The van der Waals surface area contributed by atoms with Gasteiger partial charge in [-0.1, -0.05) is 6.07 Å². The summed E-state index contributed by atoms with van der Waals surface area (Å²) in [4.78, 5) is 74.4. The molecule has 0 bridgehead atoms. The van der Waals surface area contributed by atoms with Gasteiger partial charge in [-0.2, -0.15) is 0 Å². The van der Waals surface area contributed by atoms with Crippen LogP contribution in [0.1, 0.15) is 54.3 Å². The minimum atomic E-state index is -1.10. The standard InChI is InChI=1S/C29H40N4O11/c1-29(2,3)44-18-24(36)31-10-12-41-14-16-42-15-13-40-11-9-30-23(35)17-43-21-6-4-5-19-25(21)28(39)33(27(19)38)20-7-8-22(34)32-26(20)37/h4-6,20H,7-18H2,1-3H3,(H,30,35)(H,31,36)(H,32,34,37). The van der Waals surface area contributed by atoms with Gasteiger partial charge in [-0.05, 0) is 39.3 Å². The number of imide groups is 2. The van der Waals surface area contributed by atoms with Crippen molar-refractivity contribution < 1.29 is 52.5 Å². The van der Waals surface area contributed by atoms with Crippen LogP contribution in [0.25, 0.3) is 0 Å². The van der Waals surface area contributed by atoms with Gasteiger partial charge in [0, 0.05) is 19.5 Å². The molecule has 1 aromatic rings. The Hall–Kier alpha value is -3.92. The molecule has 242 valence electrons. The van der Waals surface area contributed by atoms with Gasteiger partial charge in [-0.15, -0.1) is 0 Å². The second-order valence-corrected chi connectivity index (χ2v) is 10.9. The number of carbonyl (C=O) groups excluding carboxylic acids is 6. The molecule has 2 aliphatic heterocycles. The summed E-state index contributed by atoms with van der Waals surface area (Å²) >= 11 is 0. The smallest absolute Gasteiger partial charge is 0.266 e. The number of benzene rings is 1. The number of hydrogen-bond donors (Lipinski definition) is 3. The second-order valence-electron chi connectivity index (χ2n) is 10.9. The third-order valence-corrected chi connectivity index (χ3v) is 6.31. The summed E-state index contributed by atoms with van der Waals surface area (Å²) in [6.45, 7) is 7.77. The van der Waals surface area contributed by atoms with Crippen molar-refractivity contribution in [2.45, 2.75) is 45.3 Å². The van der Waals surface area contributed by atoms with E-state index >= 15 is 0 Å². The Balaban J connectivity index is 1.23. The van der Waals surface area contributed by atoms with Crippen LogP contribution in [0.2, 0.25) is 0 Å². The fraction of sp³-hybridized carbons (Fsp3) is 0.586. The highest BCUT2D eigenvalue weighted by Gasteiger charge is 2.46. The summed E-state index contributed by atoms with van der Waals surface area (Å²) in [6, 6.07) is 3.32. The van der Waals surface area contributed by atoms with Crippen molar-refractivity contribution >= 4 is 35.4 Å². The highest BCUT2D eigenvalue weighted by molar-refractivity contribution is 6.24. The molecule has 2 heterocycles. The Kier molecular flexibility index (Phi) is 13.2. The summed E-state index contributed by atoms with van der Waals surface area (Å²) in [5.74, 6) is -3.17. The molecule has 1 saturated heterocycles. The lowest BCUT2D eigenvalue weighted by Crippen LogP contribution is -2.54. The quantitative estimate of drug-likeness (QED) is 0.143. The molecular formula is C29H40N4O11. The van der Waals surface area contributed by atoms with Crippen LogP contribution in [0.15, 0.2) is 18.2 Å². The number of piperidine rings is 1.